The Morgan fingerprint density at radius 2 is 1.88 bits per heavy atom. The summed E-state index contributed by atoms with van der Waals surface area (Å²) in [7, 11) is 2.97. The van der Waals surface area contributed by atoms with Crippen LogP contribution >= 0.6 is 0 Å². The van der Waals surface area contributed by atoms with Gasteiger partial charge in [-0.1, -0.05) is 12.1 Å². The number of piperazine rings is 1. The van der Waals surface area contributed by atoms with Crippen molar-refractivity contribution in [3.05, 3.63) is 59.2 Å². The summed E-state index contributed by atoms with van der Waals surface area (Å²) in [6.07, 6.45) is -4.58. The summed E-state index contributed by atoms with van der Waals surface area (Å²) in [5, 5.41) is 11.5. The Morgan fingerprint density at radius 3 is 2.45 bits per heavy atom. The molecule has 2 aromatic rings. The van der Waals surface area contributed by atoms with E-state index >= 15 is 0 Å². The number of alkyl halides is 3. The maximum atomic E-state index is 13.4. The Kier molecular flexibility index (Phi) is 7.11. The fourth-order valence-electron chi connectivity index (χ4n) is 3.78. The lowest BCUT2D eigenvalue weighted by Crippen LogP contribution is -2.60. The number of nitrogens with zero attached hydrogens (tertiary/aromatic N) is 3. The lowest BCUT2D eigenvalue weighted by molar-refractivity contribution is -0.137. The van der Waals surface area contributed by atoms with E-state index in [1.807, 2.05) is 0 Å². The van der Waals surface area contributed by atoms with Crippen molar-refractivity contribution in [2.75, 3.05) is 38.7 Å². The van der Waals surface area contributed by atoms with E-state index in [4.69, 9.17) is 10.00 Å². The van der Waals surface area contributed by atoms with Crippen LogP contribution in [0.2, 0.25) is 0 Å². The first-order chi connectivity index (χ1) is 15.7. The summed E-state index contributed by atoms with van der Waals surface area (Å²) in [6.45, 7) is 0.426. The number of amides is 2. The Morgan fingerprint density at radius 1 is 1.18 bits per heavy atom. The van der Waals surface area contributed by atoms with Crippen LogP contribution in [-0.4, -0.2) is 56.5 Å². The second kappa shape index (κ2) is 9.81. The van der Waals surface area contributed by atoms with Gasteiger partial charge < -0.3 is 19.9 Å². The molecule has 0 radical (unpaired) electrons. The van der Waals surface area contributed by atoms with Crippen LogP contribution in [0.1, 0.15) is 16.7 Å². The van der Waals surface area contributed by atoms with Crippen molar-refractivity contribution < 1.29 is 27.5 Å². The number of halogens is 3. The number of rotatable bonds is 5. The molecule has 7 nitrogen and oxygen atoms in total. The van der Waals surface area contributed by atoms with E-state index in [0.29, 0.717) is 5.75 Å². The zero-order valence-electron chi connectivity index (χ0n) is 18.1. The van der Waals surface area contributed by atoms with Gasteiger partial charge in [-0.3, -0.25) is 9.59 Å². The fourth-order valence-corrected chi connectivity index (χ4v) is 3.78. The number of benzene rings is 2. The maximum Gasteiger partial charge on any atom is 0.417 e. The fraction of sp³-hybridized carbons (Fsp3) is 0.348. The molecule has 0 aromatic heterocycles. The first kappa shape index (κ1) is 23.9. The third-order valence-electron chi connectivity index (χ3n) is 5.56. The Hall–Kier alpha value is -3.74. The van der Waals surface area contributed by atoms with Crippen LogP contribution in [0.5, 0.6) is 5.75 Å². The SMILES string of the molecule is CNC(=O)C1CN(C(=O)Cc2ccc(OC)cc2)CCN1c1ccc(C#N)c(C(F)(F)F)c1. The monoisotopic (exact) mass is 460 g/mol. The predicted molar refractivity (Wildman–Crippen MR) is 115 cm³/mol. The zero-order valence-corrected chi connectivity index (χ0v) is 18.1. The van der Waals surface area contributed by atoms with Crippen molar-refractivity contribution in [2.24, 2.45) is 0 Å². The minimum Gasteiger partial charge on any atom is -0.497 e. The summed E-state index contributed by atoms with van der Waals surface area (Å²) in [6, 6.07) is 11.1. The van der Waals surface area contributed by atoms with Crippen molar-refractivity contribution in [3.8, 4) is 11.8 Å². The number of hydrogen-bond acceptors (Lipinski definition) is 5. The van der Waals surface area contributed by atoms with Gasteiger partial charge in [-0.15, -0.1) is 0 Å². The topological polar surface area (TPSA) is 85.7 Å². The molecule has 1 heterocycles. The molecule has 1 unspecified atom stereocenters. The average Bonchev–Trinajstić information content (AvgIpc) is 2.82. The minimum absolute atomic E-state index is 0.0238. The van der Waals surface area contributed by atoms with Gasteiger partial charge >= 0.3 is 6.18 Å². The Bertz CT molecular complexity index is 1060. The number of carbonyl (C=O) groups is 2. The molecule has 1 aliphatic heterocycles. The van der Waals surface area contributed by atoms with Gasteiger partial charge in [-0.25, -0.2) is 0 Å². The van der Waals surface area contributed by atoms with Gasteiger partial charge in [-0.05, 0) is 35.9 Å². The predicted octanol–water partition coefficient (Wildman–Crippen LogP) is 2.59. The van der Waals surface area contributed by atoms with Crippen LogP contribution in [0.4, 0.5) is 18.9 Å². The van der Waals surface area contributed by atoms with Crippen LogP contribution in [-0.2, 0) is 22.2 Å². The van der Waals surface area contributed by atoms with E-state index in [2.05, 4.69) is 5.32 Å². The molecule has 0 spiro atoms. The molecule has 1 N–H and O–H groups in total. The van der Waals surface area contributed by atoms with E-state index in [1.165, 1.54) is 22.9 Å². The number of ether oxygens (including phenoxy) is 1. The van der Waals surface area contributed by atoms with Gasteiger partial charge in [0.15, 0.2) is 0 Å². The highest BCUT2D eigenvalue weighted by atomic mass is 19.4. The lowest BCUT2D eigenvalue weighted by atomic mass is 10.0. The number of likely N-dealkylation sites (N-methyl/N-ethyl adjacent to an activating group) is 1. The van der Waals surface area contributed by atoms with Gasteiger partial charge in [0, 0.05) is 25.8 Å². The third kappa shape index (κ3) is 5.37. The molecule has 1 aliphatic rings. The number of methoxy groups -OCH3 is 1. The zero-order chi connectivity index (χ0) is 24.2. The van der Waals surface area contributed by atoms with Crippen LogP contribution < -0.4 is 15.0 Å². The molecule has 0 bridgehead atoms. The van der Waals surface area contributed by atoms with E-state index in [9.17, 15) is 22.8 Å². The molecule has 1 fully saturated rings. The van der Waals surface area contributed by atoms with Crippen molar-refractivity contribution in [2.45, 2.75) is 18.6 Å². The lowest BCUT2D eigenvalue weighted by Gasteiger charge is -2.42. The number of anilines is 1. The van der Waals surface area contributed by atoms with E-state index in [-0.39, 0.29) is 37.6 Å². The van der Waals surface area contributed by atoms with Crippen LogP contribution in [0.25, 0.3) is 0 Å². The Labute approximate surface area is 189 Å². The van der Waals surface area contributed by atoms with E-state index in [1.54, 1.807) is 37.4 Å². The number of hydrogen-bond donors (Lipinski definition) is 1. The molecular formula is C23H23F3N4O3. The van der Waals surface area contributed by atoms with Gasteiger partial charge in [-0.2, -0.15) is 18.4 Å². The molecule has 3 rings (SSSR count). The summed E-state index contributed by atoms with van der Waals surface area (Å²) in [5.74, 6) is 0.0551. The van der Waals surface area contributed by atoms with Crippen LogP contribution in [0.15, 0.2) is 42.5 Å². The standard InChI is InChI=1S/C23H23F3N4O3/c1-28-22(32)20-14-29(21(31)11-15-3-7-18(33-2)8-4-15)9-10-30(20)17-6-5-16(13-27)19(12-17)23(24,25)26/h3-8,12,20H,9-11,14H2,1-2H3,(H,28,32). The molecule has 1 saturated heterocycles. The number of nitrogens with one attached hydrogen (secondary N) is 1. The number of carbonyl (C=O) groups excluding carboxylic acids is 2. The maximum absolute atomic E-state index is 13.4. The molecule has 2 aromatic carbocycles. The minimum atomic E-state index is -4.71. The van der Waals surface area contributed by atoms with Gasteiger partial charge in [0.1, 0.15) is 11.8 Å². The van der Waals surface area contributed by atoms with Gasteiger partial charge in [0.25, 0.3) is 0 Å². The molecule has 10 heteroatoms. The van der Waals surface area contributed by atoms with Crippen LogP contribution in [0.3, 0.4) is 0 Å². The second-order valence-corrected chi connectivity index (χ2v) is 7.53. The van der Waals surface area contributed by atoms with Crippen molar-refractivity contribution in [1.29, 1.82) is 5.26 Å². The molecule has 33 heavy (non-hydrogen) atoms. The van der Waals surface area contributed by atoms with Gasteiger partial charge in [0.05, 0.1) is 37.3 Å². The molecule has 2 amide bonds. The first-order valence-electron chi connectivity index (χ1n) is 10.2. The number of nitriles is 1. The normalized spacial score (nSPS) is 16.2. The van der Waals surface area contributed by atoms with E-state index in [0.717, 1.165) is 17.7 Å². The highest BCUT2D eigenvalue weighted by molar-refractivity contribution is 5.87. The second-order valence-electron chi connectivity index (χ2n) is 7.53. The van der Waals surface area contributed by atoms with Crippen molar-refractivity contribution >= 4 is 17.5 Å². The largest absolute Gasteiger partial charge is 0.497 e. The highest BCUT2D eigenvalue weighted by Crippen LogP contribution is 2.35. The summed E-state index contributed by atoms with van der Waals surface area (Å²) in [4.78, 5) is 28.5. The van der Waals surface area contributed by atoms with E-state index < -0.39 is 29.3 Å². The van der Waals surface area contributed by atoms with Crippen molar-refractivity contribution in [3.63, 3.8) is 0 Å². The molecule has 0 saturated carbocycles. The average molecular weight is 460 g/mol. The molecule has 1 atom stereocenters. The van der Waals surface area contributed by atoms with Gasteiger partial charge in [0.2, 0.25) is 11.8 Å². The summed E-state index contributed by atoms with van der Waals surface area (Å²) in [5.41, 5.74) is -0.606. The van der Waals surface area contributed by atoms with Crippen molar-refractivity contribution in [1.82, 2.24) is 10.2 Å². The smallest absolute Gasteiger partial charge is 0.417 e. The molecule has 174 valence electrons. The van der Waals surface area contributed by atoms with Crippen LogP contribution in [0, 0.1) is 11.3 Å². The third-order valence-corrected chi connectivity index (χ3v) is 5.56. The summed E-state index contributed by atoms with van der Waals surface area (Å²) >= 11 is 0. The highest BCUT2D eigenvalue weighted by Gasteiger charge is 2.37. The molecular weight excluding hydrogens is 437 g/mol. The quantitative estimate of drug-likeness (QED) is 0.742. The summed E-state index contributed by atoms with van der Waals surface area (Å²) < 4.78 is 45.4. The Balaban J connectivity index is 1.82. The first-order valence-corrected chi connectivity index (χ1v) is 10.2. The molecule has 0 aliphatic carbocycles.